The summed E-state index contributed by atoms with van der Waals surface area (Å²) >= 11 is 0. The van der Waals surface area contributed by atoms with Gasteiger partial charge in [-0.1, -0.05) is 54.6 Å². The fraction of sp³-hybridized carbons (Fsp3) is 0.100. The first-order chi connectivity index (χ1) is 11.9. The molecule has 4 nitrogen and oxygen atoms in total. The third-order valence-electron chi connectivity index (χ3n) is 4.16. The van der Waals surface area contributed by atoms with Gasteiger partial charge in [-0.2, -0.15) is 5.10 Å². The molecule has 1 heterocycles. The van der Waals surface area contributed by atoms with Gasteiger partial charge in [-0.25, -0.2) is 10.4 Å². The number of fused-ring (bicyclic) bond motifs is 2. The molecule has 3 aromatic carbocycles. The van der Waals surface area contributed by atoms with Crippen molar-refractivity contribution in [1.82, 2.24) is 9.55 Å². The lowest BCUT2D eigenvalue weighted by molar-refractivity contribution is 0.791. The van der Waals surface area contributed by atoms with Crippen LogP contribution in [0.5, 0.6) is 0 Å². The van der Waals surface area contributed by atoms with E-state index in [1.165, 1.54) is 10.8 Å². The molecular weight excluding hydrogens is 296 g/mol. The molecule has 0 unspecified atom stereocenters. The van der Waals surface area contributed by atoms with Crippen molar-refractivity contribution in [2.45, 2.75) is 13.5 Å². The average Bonchev–Trinajstić information content (AvgIpc) is 2.99. The maximum absolute atomic E-state index is 4.62. The van der Waals surface area contributed by atoms with Crippen LogP contribution in [0.25, 0.3) is 21.8 Å². The number of para-hydroxylation sites is 2. The van der Waals surface area contributed by atoms with Crippen molar-refractivity contribution < 1.29 is 0 Å². The summed E-state index contributed by atoms with van der Waals surface area (Å²) in [5, 5.41) is 6.81. The van der Waals surface area contributed by atoms with Gasteiger partial charge in [0.25, 0.3) is 0 Å². The van der Waals surface area contributed by atoms with E-state index in [2.05, 4.69) is 57.3 Å². The number of rotatable bonds is 4. The molecule has 0 atom stereocenters. The molecule has 0 saturated heterocycles. The zero-order valence-electron chi connectivity index (χ0n) is 13.5. The largest absolute Gasteiger partial charge is 0.309 e. The van der Waals surface area contributed by atoms with Crippen molar-refractivity contribution in [2.24, 2.45) is 5.10 Å². The Balaban J connectivity index is 1.66. The lowest BCUT2D eigenvalue weighted by Gasteiger charge is -2.05. The highest BCUT2D eigenvalue weighted by atomic mass is 15.4. The first kappa shape index (κ1) is 14.5. The molecule has 0 radical (unpaired) electrons. The molecule has 0 aliphatic heterocycles. The smallest absolute Gasteiger partial charge is 0.224 e. The van der Waals surface area contributed by atoms with Crippen LogP contribution in [0.15, 0.2) is 71.8 Å². The second kappa shape index (κ2) is 6.16. The van der Waals surface area contributed by atoms with Crippen LogP contribution in [0.1, 0.15) is 12.5 Å². The van der Waals surface area contributed by atoms with Gasteiger partial charge in [0.15, 0.2) is 0 Å². The molecule has 0 aliphatic rings. The van der Waals surface area contributed by atoms with Crippen LogP contribution in [0, 0.1) is 0 Å². The fourth-order valence-electron chi connectivity index (χ4n) is 3.00. The molecular formula is C20H18N4. The van der Waals surface area contributed by atoms with Gasteiger partial charge >= 0.3 is 0 Å². The standard InChI is InChI=1S/C20H18N4/c1-2-24-19-13-6-5-12-18(19)22-20(24)23-21-14-16-10-7-9-15-8-3-4-11-17(15)16/h3-14H,2H2,1H3,(H,22,23)/b21-14-. The predicted molar refractivity (Wildman–Crippen MR) is 101 cm³/mol. The predicted octanol–water partition coefficient (Wildman–Crippen LogP) is 4.66. The summed E-state index contributed by atoms with van der Waals surface area (Å²) in [5.74, 6) is 0.759. The van der Waals surface area contributed by atoms with Gasteiger partial charge in [-0.15, -0.1) is 0 Å². The number of aromatic nitrogens is 2. The van der Waals surface area contributed by atoms with Crippen LogP contribution < -0.4 is 5.43 Å². The summed E-state index contributed by atoms with van der Waals surface area (Å²) in [5.41, 5.74) is 6.26. The molecule has 1 N–H and O–H groups in total. The number of aryl methyl sites for hydroxylation is 1. The number of nitrogens with one attached hydrogen (secondary N) is 1. The van der Waals surface area contributed by atoms with E-state index in [0.29, 0.717) is 0 Å². The topological polar surface area (TPSA) is 42.2 Å². The summed E-state index contributed by atoms with van der Waals surface area (Å²) in [6, 6.07) is 22.6. The number of nitrogens with zero attached hydrogens (tertiary/aromatic N) is 3. The Labute approximate surface area is 140 Å². The maximum atomic E-state index is 4.62. The van der Waals surface area contributed by atoms with Crippen LogP contribution in [0.4, 0.5) is 5.95 Å². The average molecular weight is 314 g/mol. The highest BCUT2D eigenvalue weighted by molar-refractivity contribution is 5.99. The SMILES string of the molecule is CCn1c(N/N=C\c2cccc3ccccc23)nc2ccccc21. The zero-order chi connectivity index (χ0) is 16.4. The Morgan fingerprint density at radius 2 is 1.79 bits per heavy atom. The van der Waals surface area contributed by atoms with E-state index in [1.807, 2.05) is 42.6 Å². The Bertz CT molecular complexity index is 1020. The number of hydrazone groups is 1. The zero-order valence-corrected chi connectivity index (χ0v) is 13.5. The summed E-state index contributed by atoms with van der Waals surface area (Å²) in [6.45, 7) is 2.94. The number of benzene rings is 3. The van der Waals surface area contributed by atoms with Crippen LogP contribution >= 0.6 is 0 Å². The minimum Gasteiger partial charge on any atom is -0.309 e. The van der Waals surface area contributed by atoms with Gasteiger partial charge in [0.05, 0.1) is 17.2 Å². The number of hydrogen-bond acceptors (Lipinski definition) is 3. The van der Waals surface area contributed by atoms with Crippen LogP contribution in [0.2, 0.25) is 0 Å². The number of anilines is 1. The minimum atomic E-state index is 0.759. The van der Waals surface area contributed by atoms with E-state index < -0.39 is 0 Å². The summed E-state index contributed by atoms with van der Waals surface area (Å²) in [4.78, 5) is 4.62. The Kier molecular flexibility index (Phi) is 3.71. The summed E-state index contributed by atoms with van der Waals surface area (Å²) < 4.78 is 2.12. The highest BCUT2D eigenvalue weighted by Crippen LogP contribution is 2.20. The second-order valence-corrected chi connectivity index (χ2v) is 5.61. The van der Waals surface area contributed by atoms with Crippen LogP contribution in [-0.4, -0.2) is 15.8 Å². The summed E-state index contributed by atoms with van der Waals surface area (Å²) in [7, 11) is 0. The van der Waals surface area contributed by atoms with Crippen LogP contribution in [-0.2, 0) is 6.54 Å². The quantitative estimate of drug-likeness (QED) is 0.440. The molecule has 0 bridgehead atoms. The lowest BCUT2D eigenvalue weighted by Crippen LogP contribution is -2.01. The van der Waals surface area contributed by atoms with Crippen LogP contribution in [0.3, 0.4) is 0 Å². The highest BCUT2D eigenvalue weighted by Gasteiger charge is 2.07. The molecule has 0 aliphatic carbocycles. The second-order valence-electron chi connectivity index (χ2n) is 5.61. The van der Waals surface area contributed by atoms with Crippen molar-refractivity contribution in [3.63, 3.8) is 0 Å². The van der Waals surface area contributed by atoms with E-state index in [4.69, 9.17) is 0 Å². The van der Waals surface area contributed by atoms with Gasteiger partial charge in [-0.05, 0) is 29.8 Å². The maximum Gasteiger partial charge on any atom is 0.224 e. The van der Waals surface area contributed by atoms with Gasteiger partial charge in [0.2, 0.25) is 5.95 Å². The summed E-state index contributed by atoms with van der Waals surface area (Å²) in [6.07, 6.45) is 1.85. The van der Waals surface area contributed by atoms with E-state index in [9.17, 15) is 0 Å². The third-order valence-corrected chi connectivity index (χ3v) is 4.16. The molecule has 1 aromatic heterocycles. The van der Waals surface area contributed by atoms with E-state index in [1.54, 1.807) is 0 Å². The van der Waals surface area contributed by atoms with Crippen molar-refractivity contribution in [3.8, 4) is 0 Å². The minimum absolute atomic E-state index is 0.759. The Morgan fingerprint density at radius 1 is 1.00 bits per heavy atom. The van der Waals surface area contributed by atoms with E-state index in [0.717, 1.165) is 29.1 Å². The van der Waals surface area contributed by atoms with Crippen molar-refractivity contribution in [3.05, 3.63) is 72.3 Å². The number of imidazole rings is 1. The van der Waals surface area contributed by atoms with Gasteiger partial charge < -0.3 is 4.57 Å². The van der Waals surface area contributed by atoms with Crippen molar-refractivity contribution >= 4 is 34.0 Å². The molecule has 0 amide bonds. The Hall–Kier alpha value is -3.14. The first-order valence-electron chi connectivity index (χ1n) is 8.09. The van der Waals surface area contributed by atoms with Gasteiger partial charge in [-0.3, -0.25) is 0 Å². The molecule has 0 fully saturated rings. The first-order valence-corrected chi connectivity index (χ1v) is 8.09. The normalized spacial score (nSPS) is 11.5. The molecule has 0 spiro atoms. The lowest BCUT2D eigenvalue weighted by atomic mass is 10.1. The Morgan fingerprint density at radius 3 is 2.71 bits per heavy atom. The molecule has 4 aromatic rings. The molecule has 0 saturated carbocycles. The molecule has 4 heteroatoms. The molecule has 24 heavy (non-hydrogen) atoms. The molecule has 4 rings (SSSR count). The monoisotopic (exact) mass is 314 g/mol. The fourth-order valence-corrected chi connectivity index (χ4v) is 3.00. The van der Waals surface area contributed by atoms with Gasteiger partial charge in [0.1, 0.15) is 0 Å². The van der Waals surface area contributed by atoms with Crippen molar-refractivity contribution in [2.75, 3.05) is 5.43 Å². The van der Waals surface area contributed by atoms with Crippen molar-refractivity contribution in [1.29, 1.82) is 0 Å². The third kappa shape index (κ3) is 2.52. The molecule has 118 valence electrons. The van der Waals surface area contributed by atoms with Gasteiger partial charge in [0, 0.05) is 12.1 Å². The number of hydrogen-bond donors (Lipinski definition) is 1. The van der Waals surface area contributed by atoms with E-state index in [-0.39, 0.29) is 0 Å². The van der Waals surface area contributed by atoms with E-state index >= 15 is 0 Å².